The molecule has 1 saturated heterocycles. The average Bonchev–Trinajstić information content (AvgIpc) is 3.43. The fourth-order valence-electron chi connectivity index (χ4n) is 3.87. The van der Waals surface area contributed by atoms with Gasteiger partial charge in [0.1, 0.15) is 6.54 Å². The van der Waals surface area contributed by atoms with E-state index in [2.05, 4.69) is 50.0 Å². The van der Waals surface area contributed by atoms with Gasteiger partial charge in [-0.25, -0.2) is 0 Å². The number of hydrogen-bond acceptors (Lipinski definition) is 3. The zero-order valence-corrected chi connectivity index (χ0v) is 15.9. The lowest BCUT2D eigenvalue weighted by atomic mass is 10.1. The molecule has 0 radical (unpaired) electrons. The van der Waals surface area contributed by atoms with Gasteiger partial charge in [0.2, 0.25) is 5.91 Å². The largest absolute Gasteiger partial charge is 0.352 e. The molecule has 0 bridgehead atoms. The highest BCUT2D eigenvalue weighted by Gasteiger charge is 2.24. The molecule has 1 amide bonds. The van der Waals surface area contributed by atoms with Crippen molar-refractivity contribution in [3.05, 3.63) is 36.0 Å². The van der Waals surface area contributed by atoms with Crippen LogP contribution in [-0.2, 0) is 17.9 Å². The summed E-state index contributed by atoms with van der Waals surface area (Å²) in [6.45, 7) is 6.60. The molecule has 1 N–H and O–H groups in total. The first kappa shape index (κ1) is 18.1. The summed E-state index contributed by atoms with van der Waals surface area (Å²) in [4.78, 5) is 17.2. The van der Waals surface area contributed by atoms with Crippen molar-refractivity contribution in [3.8, 4) is 12.3 Å². The monoisotopic (exact) mass is 364 g/mol. The van der Waals surface area contributed by atoms with E-state index in [4.69, 9.17) is 6.42 Å². The predicted molar refractivity (Wildman–Crippen MR) is 108 cm³/mol. The minimum atomic E-state index is 0.118. The number of nitrogens with zero attached hydrogens (tertiary/aromatic N) is 3. The van der Waals surface area contributed by atoms with Crippen molar-refractivity contribution in [1.29, 1.82) is 0 Å². The molecule has 5 nitrogen and oxygen atoms in total. The number of amides is 1. The number of piperazine rings is 1. The number of nitrogens with one attached hydrogen (secondary N) is 1. The Morgan fingerprint density at radius 2 is 1.89 bits per heavy atom. The molecule has 5 heteroatoms. The zero-order chi connectivity index (χ0) is 18.6. The standard InChI is InChI=1S/C22H28N4O/c1-2-3-10-24-11-13-25(14-12-24)15-18-16-26(17-22(27)23-19-8-9-19)21-7-5-4-6-20(18)21/h1,4-7,16,19H,3,8-15,17H2,(H,23,27). The van der Waals surface area contributed by atoms with Crippen LogP contribution in [0.2, 0.25) is 0 Å². The summed E-state index contributed by atoms with van der Waals surface area (Å²) in [7, 11) is 0. The molecule has 1 aliphatic carbocycles. The van der Waals surface area contributed by atoms with Crippen molar-refractivity contribution >= 4 is 16.8 Å². The summed E-state index contributed by atoms with van der Waals surface area (Å²) in [6, 6.07) is 8.82. The fourth-order valence-corrected chi connectivity index (χ4v) is 3.87. The minimum absolute atomic E-state index is 0.118. The SMILES string of the molecule is C#CCCN1CCN(Cc2cn(CC(=O)NC3CC3)c3ccccc23)CC1. The number of benzene rings is 1. The third-order valence-corrected chi connectivity index (χ3v) is 5.56. The third kappa shape index (κ3) is 4.52. The molecule has 27 heavy (non-hydrogen) atoms. The summed E-state index contributed by atoms with van der Waals surface area (Å²) in [5.41, 5.74) is 2.45. The molecule has 0 unspecified atom stereocenters. The first-order chi connectivity index (χ1) is 13.2. The van der Waals surface area contributed by atoms with Crippen LogP contribution in [0.15, 0.2) is 30.5 Å². The first-order valence-corrected chi connectivity index (χ1v) is 9.97. The van der Waals surface area contributed by atoms with Crippen LogP contribution in [0.1, 0.15) is 24.8 Å². The second-order valence-electron chi connectivity index (χ2n) is 7.71. The highest BCUT2D eigenvalue weighted by Crippen LogP contribution is 2.24. The quantitative estimate of drug-likeness (QED) is 0.765. The number of aromatic nitrogens is 1. The van der Waals surface area contributed by atoms with E-state index in [0.29, 0.717) is 12.6 Å². The van der Waals surface area contributed by atoms with Crippen LogP contribution < -0.4 is 5.32 Å². The number of carbonyl (C=O) groups is 1. The van der Waals surface area contributed by atoms with Gasteiger partial charge in [0.25, 0.3) is 0 Å². The van der Waals surface area contributed by atoms with Gasteiger partial charge < -0.3 is 9.88 Å². The van der Waals surface area contributed by atoms with E-state index < -0.39 is 0 Å². The molecule has 4 rings (SSSR count). The number of terminal acetylenes is 1. The van der Waals surface area contributed by atoms with Gasteiger partial charge in [0, 0.05) is 68.8 Å². The van der Waals surface area contributed by atoms with Crippen molar-refractivity contribution in [2.45, 2.75) is 38.4 Å². The van der Waals surface area contributed by atoms with E-state index in [9.17, 15) is 4.79 Å². The molecule has 2 fully saturated rings. The topological polar surface area (TPSA) is 40.5 Å². The highest BCUT2D eigenvalue weighted by atomic mass is 16.2. The normalized spacial score (nSPS) is 18.5. The van der Waals surface area contributed by atoms with E-state index in [-0.39, 0.29) is 5.91 Å². The van der Waals surface area contributed by atoms with E-state index in [0.717, 1.165) is 64.0 Å². The van der Waals surface area contributed by atoms with Gasteiger partial charge in [-0.15, -0.1) is 12.3 Å². The van der Waals surface area contributed by atoms with Crippen LogP contribution in [0.3, 0.4) is 0 Å². The van der Waals surface area contributed by atoms with Crippen molar-refractivity contribution in [2.75, 3.05) is 32.7 Å². The molecular weight excluding hydrogens is 336 g/mol. The lowest BCUT2D eigenvalue weighted by molar-refractivity contribution is -0.121. The Labute approximate surface area is 161 Å². The maximum atomic E-state index is 12.3. The number of fused-ring (bicyclic) bond motifs is 1. The second-order valence-corrected chi connectivity index (χ2v) is 7.71. The summed E-state index contributed by atoms with van der Waals surface area (Å²) in [5, 5.41) is 4.35. The minimum Gasteiger partial charge on any atom is -0.352 e. The van der Waals surface area contributed by atoms with E-state index in [1.54, 1.807) is 0 Å². The van der Waals surface area contributed by atoms with Crippen LogP contribution in [0.25, 0.3) is 10.9 Å². The van der Waals surface area contributed by atoms with Gasteiger partial charge in [-0.1, -0.05) is 18.2 Å². The Hall–Kier alpha value is -2.29. The van der Waals surface area contributed by atoms with Crippen LogP contribution in [-0.4, -0.2) is 59.0 Å². The van der Waals surface area contributed by atoms with Crippen LogP contribution in [0, 0.1) is 12.3 Å². The lowest BCUT2D eigenvalue weighted by Gasteiger charge is -2.34. The van der Waals surface area contributed by atoms with Gasteiger partial charge in [0.05, 0.1) is 0 Å². The Morgan fingerprint density at radius 3 is 2.63 bits per heavy atom. The van der Waals surface area contributed by atoms with Gasteiger partial charge >= 0.3 is 0 Å². The van der Waals surface area contributed by atoms with Crippen molar-refractivity contribution < 1.29 is 4.79 Å². The number of para-hydroxylation sites is 1. The van der Waals surface area contributed by atoms with Crippen LogP contribution in [0.5, 0.6) is 0 Å². The molecule has 0 atom stereocenters. The Bertz CT molecular complexity index is 838. The molecule has 1 aliphatic heterocycles. The van der Waals surface area contributed by atoms with Crippen LogP contribution >= 0.6 is 0 Å². The number of rotatable bonds is 7. The smallest absolute Gasteiger partial charge is 0.240 e. The molecule has 2 aromatic rings. The van der Waals surface area contributed by atoms with Crippen molar-refractivity contribution in [3.63, 3.8) is 0 Å². The van der Waals surface area contributed by atoms with Crippen molar-refractivity contribution in [1.82, 2.24) is 19.7 Å². The third-order valence-electron chi connectivity index (χ3n) is 5.56. The zero-order valence-electron chi connectivity index (χ0n) is 15.9. The molecule has 2 heterocycles. The first-order valence-electron chi connectivity index (χ1n) is 9.97. The van der Waals surface area contributed by atoms with E-state index >= 15 is 0 Å². The number of carbonyl (C=O) groups excluding carboxylic acids is 1. The van der Waals surface area contributed by atoms with Gasteiger partial charge in [-0.2, -0.15) is 0 Å². The summed E-state index contributed by atoms with van der Waals surface area (Å²) in [6.07, 6.45) is 10.6. The lowest BCUT2D eigenvalue weighted by Crippen LogP contribution is -2.46. The summed E-state index contributed by atoms with van der Waals surface area (Å²) in [5.74, 6) is 2.85. The number of hydrogen-bond donors (Lipinski definition) is 1. The van der Waals surface area contributed by atoms with E-state index in [1.807, 2.05) is 6.07 Å². The maximum absolute atomic E-state index is 12.3. The summed E-state index contributed by atoms with van der Waals surface area (Å²) >= 11 is 0. The molecule has 2 aliphatic rings. The molecule has 142 valence electrons. The average molecular weight is 364 g/mol. The molecule has 1 saturated carbocycles. The second kappa shape index (κ2) is 8.16. The van der Waals surface area contributed by atoms with Crippen molar-refractivity contribution in [2.24, 2.45) is 0 Å². The molecule has 1 aromatic carbocycles. The van der Waals surface area contributed by atoms with Gasteiger partial charge in [-0.3, -0.25) is 14.6 Å². The predicted octanol–water partition coefficient (Wildman–Crippen LogP) is 2.06. The maximum Gasteiger partial charge on any atom is 0.240 e. The van der Waals surface area contributed by atoms with E-state index in [1.165, 1.54) is 10.9 Å². The van der Waals surface area contributed by atoms with Crippen LogP contribution in [0.4, 0.5) is 0 Å². The Kier molecular flexibility index (Phi) is 5.47. The Morgan fingerprint density at radius 1 is 1.15 bits per heavy atom. The van der Waals surface area contributed by atoms with Gasteiger partial charge in [-0.05, 0) is 24.5 Å². The Balaban J connectivity index is 1.43. The highest BCUT2D eigenvalue weighted by molar-refractivity contribution is 5.86. The fraction of sp³-hybridized carbons (Fsp3) is 0.500. The summed E-state index contributed by atoms with van der Waals surface area (Å²) < 4.78 is 2.10. The molecule has 1 aromatic heterocycles. The molecule has 0 spiro atoms. The van der Waals surface area contributed by atoms with Gasteiger partial charge in [0.15, 0.2) is 0 Å². The molecular formula is C22H28N4O.